The van der Waals surface area contributed by atoms with Crippen molar-refractivity contribution in [3.05, 3.63) is 12.2 Å². The molecule has 0 aromatic carbocycles. The Kier molecular flexibility index (Phi) is 5.44. The first kappa shape index (κ1) is 14.6. The molecule has 0 aromatic heterocycles. The van der Waals surface area contributed by atoms with Gasteiger partial charge >= 0.3 is 0 Å². The Morgan fingerprint density at radius 2 is 1.95 bits per heavy atom. The van der Waals surface area contributed by atoms with Crippen LogP contribution in [-0.4, -0.2) is 19.0 Å². The van der Waals surface area contributed by atoms with Crippen LogP contribution in [0.5, 0.6) is 0 Å². The number of carbonyl (C=O) groups excluding carboxylic acids is 1. The number of carbonyl (C=O) groups is 1. The zero-order chi connectivity index (χ0) is 13.6. The van der Waals surface area contributed by atoms with Gasteiger partial charge in [-0.15, -0.1) is 0 Å². The molecule has 2 aliphatic rings. The maximum absolute atomic E-state index is 12.5. The number of allylic oxidation sites excluding steroid dienone is 2. The fourth-order valence-electron chi connectivity index (χ4n) is 3.40. The zero-order valence-corrected chi connectivity index (χ0v) is 12.0. The van der Waals surface area contributed by atoms with E-state index in [-0.39, 0.29) is 11.3 Å². The molecule has 19 heavy (non-hydrogen) atoms. The highest BCUT2D eigenvalue weighted by molar-refractivity contribution is 5.82. The lowest BCUT2D eigenvalue weighted by Gasteiger charge is -2.31. The van der Waals surface area contributed by atoms with Gasteiger partial charge in [-0.3, -0.25) is 4.79 Å². The van der Waals surface area contributed by atoms with Crippen molar-refractivity contribution in [1.29, 1.82) is 0 Å². The van der Waals surface area contributed by atoms with Gasteiger partial charge in [0.15, 0.2) is 0 Å². The third kappa shape index (κ3) is 3.82. The molecule has 3 heteroatoms. The molecule has 0 saturated heterocycles. The van der Waals surface area contributed by atoms with Gasteiger partial charge in [0.05, 0.1) is 5.41 Å². The van der Waals surface area contributed by atoms with Crippen LogP contribution >= 0.6 is 0 Å². The van der Waals surface area contributed by atoms with Gasteiger partial charge in [0.2, 0.25) is 5.91 Å². The molecule has 1 unspecified atom stereocenters. The van der Waals surface area contributed by atoms with E-state index in [0.29, 0.717) is 12.5 Å². The second-order valence-electron chi connectivity index (χ2n) is 6.26. The average molecular weight is 264 g/mol. The number of hydrogen-bond donors (Lipinski definition) is 2. The lowest BCUT2D eigenvalue weighted by Crippen LogP contribution is -2.47. The van der Waals surface area contributed by atoms with E-state index in [1.807, 2.05) is 0 Å². The predicted molar refractivity (Wildman–Crippen MR) is 78.7 cm³/mol. The molecule has 0 heterocycles. The minimum atomic E-state index is -0.277. The standard InChI is InChI=1S/C16H28N2O/c17-13-16(10-6-1-2-7-11-16)15(19)18-12-14-8-4-3-5-9-14/h3-4,14H,1-2,5-13,17H2,(H,18,19). The summed E-state index contributed by atoms with van der Waals surface area (Å²) in [5.41, 5.74) is 5.67. The number of hydrogen-bond acceptors (Lipinski definition) is 2. The highest BCUT2D eigenvalue weighted by atomic mass is 16.2. The van der Waals surface area contributed by atoms with Crippen LogP contribution in [0.2, 0.25) is 0 Å². The fraction of sp³-hybridized carbons (Fsp3) is 0.812. The Hall–Kier alpha value is -0.830. The van der Waals surface area contributed by atoms with Gasteiger partial charge in [0.25, 0.3) is 0 Å². The first-order chi connectivity index (χ1) is 9.27. The molecular formula is C16H28N2O. The minimum absolute atomic E-state index is 0.214. The van der Waals surface area contributed by atoms with Gasteiger partial charge in [-0.2, -0.15) is 0 Å². The Labute approximate surface area is 117 Å². The van der Waals surface area contributed by atoms with Crippen molar-refractivity contribution < 1.29 is 4.79 Å². The largest absolute Gasteiger partial charge is 0.355 e. The van der Waals surface area contributed by atoms with Crippen LogP contribution in [-0.2, 0) is 4.79 Å². The molecule has 1 atom stereocenters. The van der Waals surface area contributed by atoms with Crippen LogP contribution in [0.4, 0.5) is 0 Å². The summed E-state index contributed by atoms with van der Waals surface area (Å²) >= 11 is 0. The van der Waals surface area contributed by atoms with Crippen LogP contribution in [0.3, 0.4) is 0 Å². The molecule has 3 N–H and O–H groups in total. The fourth-order valence-corrected chi connectivity index (χ4v) is 3.40. The Balaban J connectivity index is 1.86. The van der Waals surface area contributed by atoms with Gasteiger partial charge in [-0.05, 0) is 38.0 Å². The van der Waals surface area contributed by atoms with E-state index in [1.54, 1.807) is 0 Å². The van der Waals surface area contributed by atoms with Crippen LogP contribution < -0.4 is 11.1 Å². The van der Waals surface area contributed by atoms with Crippen molar-refractivity contribution in [3.8, 4) is 0 Å². The Bertz CT molecular complexity index is 317. The molecule has 108 valence electrons. The van der Waals surface area contributed by atoms with Gasteiger partial charge < -0.3 is 11.1 Å². The van der Waals surface area contributed by atoms with Crippen molar-refractivity contribution >= 4 is 5.91 Å². The van der Waals surface area contributed by atoms with E-state index < -0.39 is 0 Å². The molecule has 1 fully saturated rings. The predicted octanol–water partition coefficient (Wildman–Crippen LogP) is 2.76. The third-order valence-corrected chi connectivity index (χ3v) is 4.86. The van der Waals surface area contributed by atoms with Crippen LogP contribution in [0.1, 0.15) is 57.8 Å². The van der Waals surface area contributed by atoms with Gasteiger partial charge in [0, 0.05) is 13.1 Å². The number of rotatable bonds is 4. The molecule has 0 aromatic rings. The first-order valence-electron chi connectivity index (χ1n) is 7.90. The summed E-state index contributed by atoms with van der Waals surface area (Å²) in [4.78, 5) is 12.5. The maximum Gasteiger partial charge on any atom is 0.227 e. The molecule has 2 rings (SSSR count). The summed E-state index contributed by atoms with van der Waals surface area (Å²) < 4.78 is 0. The van der Waals surface area contributed by atoms with E-state index in [2.05, 4.69) is 17.5 Å². The summed E-state index contributed by atoms with van der Waals surface area (Å²) in [5, 5.41) is 3.19. The van der Waals surface area contributed by atoms with E-state index in [4.69, 9.17) is 5.73 Å². The summed E-state index contributed by atoms with van der Waals surface area (Å²) in [6.45, 7) is 1.33. The molecule has 2 aliphatic carbocycles. The minimum Gasteiger partial charge on any atom is -0.355 e. The highest BCUT2D eigenvalue weighted by Crippen LogP contribution is 2.34. The molecule has 1 amide bonds. The second-order valence-corrected chi connectivity index (χ2v) is 6.26. The second kappa shape index (κ2) is 7.09. The SMILES string of the molecule is NCC1(C(=O)NCC2CC=CCC2)CCCCCC1. The molecule has 0 bridgehead atoms. The van der Waals surface area contributed by atoms with Crippen molar-refractivity contribution in [1.82, 2.24) is 5.32 Å². The summed E-state index contributed by atoms with van der Waals surface area (Å²) in [7, 11) is 0. The number of nitrogens with two attached hydrogens (primary N) is 1. The number of amides is 1. The van der Waals surface area contributed by atoms with Crippen LogP contribution in [0, 0.1) is 11.3 Å². The molecular weight excluding hydrogens is 236 g/mol. The number of nitrogens with one attached hydrogen (secondary N) is 1. The van der Waals surface area contributed by atoms with Gasteiger partial charge in [-0.1, -0.05) is 37.8 Å². The molecule has 0 spiro atoms. The Morgan fingerprint density at radius 1 is 1.21 bits per heavy atom. The van der Waals surface area contributed by atoms with E-state index in [1.165, 1.54) is 19.3 Å². The summed E-state index contributed by atoms with van der Waals surface area (Å²) in [6, 6.07) is 0. The first-order valence-corrected chi connectivity index (χ1v) is 7.90. The quantitative estimate of drug-likeness (QED) is 0.606. The zero-order valence-electron chi connectivity index (χ0n) is 12.0. The summed E-state index contributed by atoms with van der Waals surface area (Å²) in [6.07, 6.45) is 14.7. The average Bonchev–Trinajstić information content (AvgIpc) is 2.72. The van der Waals surface area contributed by atoms with Crippen LogP contribution in [0.25, 0.3) is 0 Å². The monoisotopic (exact) mass is 264 g/mol. The van der Waals surface area contributed by atoms with E-state index >= 15 is 0 Å². The lowest BCUT2D eigenvalue weighted by atomic mass is 9.79. The van der Waals surface area contributed by atoms with Crippen molar-refractivity contribution in [3.63, 3.8) is 0 Å². The highest BCUT2D eigenvalue weighted by Gasteiger charge is 2.37. The lowest BCUT2D eigenvalue weighted by molar-refractivity contribution is -0.131. The normalized spacial score (nSPS) is 26.7. The Morgan fingerprint density at radius 3 is 2.53 bits per heavy atom. The van der Waals surface area contributed by atoms with Crippen molar-refractivity contribution in [2.45, 2.75) is 57.8 Å². The van der Waals surface area contributed by atoms with Crippen LogP contribution in [0.15, 0.2) is 12.2 Å². The van der Waals surface area contributed by atoms with E-state index in [9.17, 15) is 4.79 Å². The molecule has 0 aliphatic heterocycles. The van der Waals surface area contributed by atoms with Gasteiger partial charge in [-0.25, -0.2) is 0 Å². The smallest absolute Gasteiger partial charge is 0.227 e. The molecule has 3 nitrogen and oxygen atoms in total. The molecule has 0 radical (unpaired) electrons. The topological polar surface area (TPSA) is 55.1 Å². The molecule has 1 saturated carbocycles. The van der Waals surface area contributed by atoms with E-state index in [0.717, 1.165) is 45.1 Å². The van der Waals surface area contributed by atoms with Crippen molar-refractivity contribution in [2.24, 2.45) is 17.1 Å². The van der Waals surface area contributed by atoms with Gasteiger partial charge in [0.1, 0.15) is 0 Å². The van der Waals surface area contributed by atoms with Crippen molar-refractivity contribution in [2.75, 3.05) is 13.1 Å². The maximum atomic E-state index is 12.5. The summed E-state index contributed by atoms with van der Waals surface area (Å²) in [5.74, 6) is 0.834. The third-order valence-electron chi connectivity index (χ3n) is 4.86.